The molecule has 0 aromatic carbocycles. The number of esters is 1. The number of hydrogen-bond donors (Lipinski definition) is 1. The van der Waals surface area contributed by atoms with Gasteiger partial charge in [-0.25, -0.2) is 4.79 Å². The highest BCUT2D eigenvalue weighted by Gasteiger charge is 2.29. The number of morpholine rings is 1. The lowest BCUT2D eigenvalue weighted by atomic mass is 10.3. The van der Waals surface area contributed by atoms with Gasteiger partial charge >= 0.3 is 5.97 Å². The summed E-state index contributed by atoms with van der Waals surface area (Å²) in [5.74, 6) is 0.246. The van der Waals surface area contributed by atoms with Gasteiger partial charge in [-0.3, -0.25) is 4.79 Å². The Morgan fingerprint density at radius 2 is 2.14 bits per heavy atom. The molecule has 0 atom stereocenters. The number of carbonyl (C=O) groups is 2. The maximum atomic E-state index is 12.2. The Bertz CT molecular complexity index is 562. The van der Waals surface area contributed by atoms with Crippen LogP contribution in [0, 0.1) is 0 Å². The van der Waals surface area contributed by atoms with E-state index in [1.165, 1.54) is 36.2 Å². The molecule has 1 saturated heterocycles. The summed E-state index contributed by atoms with van der Waals surface area (Å²) in [5, 5.41) is 3.11. The highest BCUT2D eigenvalue weighted by molar-refractivity contribution is 7.14. The van der Waals surface area contributed by atoms with Crippen molar-refractivity contribution in [1.29, 1.82) is 0 Å². The first kappa shape index (κ1) is 15.3. The molecular formula is C15H20N2O4S. The summed E-state index contributed by atoms with van der Waals surface area (Å²) in [6.07, 6.45) is 2.35. The van der Waals surface area contributed by atoms with E-state index in [1.807, 2.05) is 6.07 Å². The SMILES string of the molecule is COC(=O)c1sc(C2CC2)cc1NCC(=O)N1CCOCC1. The summed E-state index contributed by atoms with van der Waals surface area (Å²) in [5.41, 5.74) is 0.709. The smallest absolute Gasteiger partial charge is 0.350 e. The standard InChI is InChI=1S/C15H20N2O4S/c1-20-15(19)14-11(8-12(22-14)10-2-3-10)16-9-13(18)17-4-6-21-7-5-17/h8,10,16H,2-7,9H2,1H3. The number of nitrogens with one attached hydrogen (secondary N) is 1. The minimum absolute atomic E-state index is 0.0262. The van der Waals surface area contributed by atoms with Gasteiger partial charge in [-0.05, 0) is 24.8 Å². The summed E-state index contributed by atoms with van der Waals surface area (Å²) in [4.78, 5) is 27.6. The quantitative estimate of drug-likeness (QED) is 0.835. The molecule has 0 unspecified atom stereocenters. The lowest BCUT2D eigenvalue weighted by Crippen LogP contribution is -2.43. The molecule has 22 heavy (non-hydrogen) atoms. The molecule has 1 aliphatic carbocycles. The van der Waals surface area contributed by atoms with Crippen LogP contribution in [0.4, 0.5) is 5.69 Å². The van der Waals surface area contributed by atoms with Crippen LogP contribution in [0.15, 0.2) is 6.07 Å². The van der Waals surface area contributed by atoms with Crippen molar-refractivity contribution in [2.45, 2.75) is 18.8 Å². The van der Waals surface area contributed by atoms with Crippen LogP contribution in [-0.2, 0) is 14.3 Å². The maximum absolute atomic E-state index is 12.2. The van der Waals surface area contributed by atoms with E-state index < -0.39 is 0 Å². The summed E-state index contributed by atoms with van der Waals surface area (Å²) in [6.45, 7) is 2.61. The Labute approximate surface area is 133 Å². The number of methoxy groups -OCH3 is 1. The predicted molar refractivity (Wildman–Crippen MR) is 83.5 cm³/mol. The molecule has 7 heteroatoms. The van der Waals surface area contributed by atoms with E-state index in [1.54, 1.807) is 4.90 Å². The number of ether oxygens (including phenoxy) is 2. The number of rotatable bonds is 5. The van der Waals surface area contributed by atoms with Crippen LogP contribution in [-0.4, -0.2) is 56.7 Å². The maximum Gasteiger partial charge on any atom is 0.350 e. The first-order valence-electron chi connectivity index (χ1n) is 7.50. The molecule has 1 aromatic rings. The third-order valence-corrected chi connectivity index (χ3v) is 5.17. The van der Waals surface area contributed by atoms with Crippen molar-refractivity contribution in [3.63, 3.8) is 0 Å². The highest BCUT2D eigenvalue weighted by atomic mass is 32.1. The molecular weight excluding hydrogens is 304 g/mol. The predicted octanol–water partition coefficient (Wildman–Crippen LogP) is 1.68. The number of nitrogens with zero attached hydrogens (tertiary/aromatic N) is 1. The first-order chi connectivity index (χ1) is 10.7. The van der Waals surface area contributed by atoms with Crippen LogP contribution in [0.2, 0.25) is 0 Å². The minimum atomic E-state index is -0.349. The van der Waals surface area contributed by atoms with E-state index in [2.05, 4.69) is 5.32 Å². The lowest BCUT2D eigenvalue weighted by Gasteiger charge is -2.27. The van der Waals surface area contributed by atoms with Crippen molar-refractivity contribution in [2.75, 3.05) is 45.3 Å². The average molecular weight is 324 g/mol. The van der Waals surface area contributed by atoms with Gasteiger partial charge in [-0.1, -0.05) is 0 Å². The third kappa shape index (κ3) is 3.41. The molecule has 0 bridgehead atoms. The van der Waals surface area contributed by atoms with Gasteiger partial charge in [0.25, 0.3) is 0 Å². The van der Waals surface area contributed by atoms with Gasteiger partial charge < -0.3 is 19.7 Å². The van der Waals surface area contributed by atoms with Crippen molar-refractivity contribution < 1.29 is 19.1 Å². The van der Waals surface area contributed by atoms with Crippen LogP contribution < -0.4 is 5.32 Å². The Morgan fingerprint density at radius 1 is 1.41 bits per heavy atom. The van der Waals surface area contributed by atoms with Crippen molar-refractivity contribution in [3.05, 3.63) is 15.8 Å². The summed E-state index contributed by atoms with van der Waals surface area (Å²) in [6, 6.07) is 1.99. The van der Waals surface area contributed by atoms with E-state index in [4.69, 9.17) is 9.47 Å². The molecule has 6 nitrogen and oxygen atoms in total. The minimum Gasteiger partial charge on any atom is -0.465 e. The molecule has 2 aliphatic rings. The number of thiophene rings is 1. The Hall–Kier alpha value is -1.60. The van der Waals surface area contributed by atoms with Gasteiger partial charge in [0, 0.05) is 18.0 Å². The summed E-state index contributed by atoms with van der Waals surface area (Å²) in [7, 11) is 1.38. The molecule has 0 spiro atoms. The fourth-order valence-corrected chi connectivity index (χ4v) is 3.67. The van der Waals surface area contributed by atoms with Gasteiger partial charge in [0.2, 0.25) is 5.91 Å². The van der Waals surface area contributed by atoms with Gasteiger partial charge in [0.1, 0.15) is 4.88 Å². The molecule has 1 aromatic heterocycles. The molecule has 1 amide bonds. The van der Waals surface area contributed by atoms with Gasteiger partial charge in [-0.15, -0.1) is 11.3 Å². The second-order valence-corrected chi connectivity index (χ2v) is 6.59. The lowest BCUT2D eigenvalue weighted by molar-refractivity contribution is -0.133. The number of hydrogen-bond acceptors (Lipinski definition) is 6. The molecule has 1 saturated carbocycles. The first-order valence-corrected chi connectivity index (χ1v) is 8.32. The Balaban J connectivity index is 1.65. The van der Waals surface area contributed by atoms with E-state index in [9.17, 15) is 9.59 Å². The Morgan fingerprint density at radius 3 is 2.77 bits per heavy atom. The van der Waals surface area contributed by atoms with E-state index in [0.717, 1.165) is 0 Å². The topological polar surface area (TPSA) is 67.9 Å². The molecule has 2 fully saturated rings. The van der Waals surface area contributed by atoms with Gasteiger partial charge in [0.05, 0.1) is 32.6 Å². The van der Waals surface area contributed by atoms with E-state index in [-0.39, 0.29) is 18.4 Å². The summed E-state index contributed by atoms with van der Waals surface area (Å²) >= 11 is 1.47. The van der Waals surface area contributed by atoms with Gasteiger partial charge in [-0.2, -0.15) is 0 Å². The van der Waals surface area contributed by atoms with Gasteiger partial charge in [0.15, 0.2) is 0 Å². The van der Waals surface area contributed by atoms with Crippen molar-refractivity contribution in [2.24, 2.45) is 0 Å². The second kappa shape index (κ2) is 6.66. The zero-order valence-electron chi connectivity index (χ0n) is 12.6. The third-order valence-electron chi connectivity index (χ3n) is 3.90. The van der Waals surface area contributed by atoms with Crippen LogP contribution in [0.1, 0.15) is 33.3 Å². The van der Waals surface area contributed by atoms with Crippen LogP contribution in [0.5, 0.6) is 0 Å². The van der Waals surface area contributed by atoms with E-state index >= 15 is 0 Å². The zero-order chi connectivity index (χ0) is 15.5. The fraction of sp³-hybridized carbons (Fsp3) is 0.600. The normalized spacial score (nSPS) is 18.1. The van der Waals surface area contributed by atoms with Crippen LogP contribution in [0.3, 0.4) is 0 Å². The molecule has 1 aliphatic heterocycles. The van der Waals surface area contributed by atoms with Crippen molar-refractivity contribution >= 4 is 28.9 Å². The fourth-order valence-electron chi connectivity index (χ4n) is 2.45. The largest absolute Gasteiger partial charge is 0.465 e. The monoisotopic (exact) mass is 324 g/mol. The zero-order valence-corrected chi connectivity index (χ0v) is 13.4. The van der Waals surface area contributed by atoms with Crippen LogP contribution in [0.25, 0.3) is 0 Å². The Kier molecular flexibility index (Phi) is 4.63. The molecule has 120 valence electrons. The van der Waals surface area contributed by atoms with E-state index in [0.29, 0.717) is 42.8 Å². The number of anilines is 1. The molecule has 1 N–H and O–H groups in total. The summed E-state index contributed by atoms with van der Waals surface area (Å²) < 4.78 is 10.1. The van der Waals surface area contributed by atoms with Crippen molar-refractivity contribution in [1.82, 2.24) is 4.90 Å². The average Bonchev–Trinajstić information content (AvgIpc) is 3.32. The molecule has 2 heterocycles. The van der Waals surface area contributed by atoms with Crippen molar-refractivity contribution in [3.8, 4) is 0 Å². The molecule has 3 rings (SSSR count). The highest BCUT2D eigenvalue weighted by Crippen LogP contribution is 2.45. The molecule has 0 radical (unpaired) electrons. The number of amides is 1. The number of carbonyl (C=O) groups excluding carboxylic acids is 2. The second-order valence-electron chi connectivity index (χ2n) is 5.50. The van der Waals surface area contributed by atoms with Crippen LogP contribution >= 0.6 is 11.3 Å².